The Balaban J connectivity index is 3.25. The lowest BCUT2D eigenvalue weighted by Crippen LogP contribution is -2.33. The van der Waals surface area contributed by atoms with Crippen LogP contribution >= 0.6 is 0 Å². The zero-order valence-corrected chi connectivity index (χ0v) is 10.3. The number of aliphatic hydroxyl groups is 1. The molecule has 0 saturated carbocycles. The highest BCUT2D eigenvalue weighted by molar-refractivity contribution is 5.99. The SMILES string of the molecule is COC(=O)c1cccc(N)c1N(C)C(C)CO. The number of methoxy groups -OCH3 is 1. The minimum Gasteiger partial charge on any atom is -0.465 e. The third-order valence-electron chi connectivity index (χ3n) is 2.75. The van der Waals surface area contributed by atoms with Gasteiger partial charge in [-0.25, -0.2) is 4.79 Å². The molecule has 0 radical (unpaired) electrons. The van der Waals surface area contributed by atoms with Crippen LogP contribution in [-0.2, 0) is 4.74 Å². The Bertz CT molecular complexity index is 407. The van der Waals surface area contributed by atoms with Crippen molar-refractivity contribution in [3.63, 3.8) is 0 Å². The summed E-state index contributed by atoms with van der Waals surface area (Å²) >= 11 is 0. The van der Waals surface area contributed by atoms with Crippen LogP contribution in [0.1, 0.15) is 17.3 Å². The van der Waals surface area contributed by atoms with Crippen molar-refractivity contribution in [2.45, 2.75) is 13.0 Å². The van der Waals surface area contributed by atoms with E-state index in [9.17, 15) is 4.79 Å². The van der Waals surface area contributed by atoms with Gasteiger partial charge in [0.25, 0.3) is 0 Å². The quantitative estimate of drug-likeness (QED) is 0.601. The number of rotatable bonds is 4. The molecular formula is C12H18N2O3. The number of para-hydroxylation sites is 1. The maximum Gasteiger partial charge on any atom is 0.340 e. The first-order valence-corrected chi connectivity index (χ1v) is 5.33. The minimum atomic E-state index is -0.440. The molecule has 0 aliphatic rings. The largest absolute Gasteiger partial charge is 0.465 e. The van der Waals surface area contributed by atoms with Crippen molar-refractivity contribution in [1.29, 1.82) is 0 Å². The number of esters is 1. The zero-order chi connectivity index (χ0) is 13.0. The zero-order valence-electron chi connectivity index (χ0n) is 10.3. The van der Waals surface area contributed by atoms with Gasteiger partial charge in [-0.2, -0.15) is 0 Å². The fourth-order valence-corrected chi connectivity index (χ4v) is 1.57. The second-order valence-corrected chi connectivity index (χ2v) is 3.88. The van der Waals surface area contributed by atoms with Gasteiger partial charge in [-0.15, -0.1) is 0 Å². The number of hydrogen-bond donors (Lipinski definition) is 2. The Morgan fingerprint density at radius 1 is 1.59 bits per heavy atom. The number of carbonyl (C=O) groups excluding carboxylic acids is 1. The third kappa shape index (κ3) is 2.68. The maximum atomic E-state index is 11.6. The third-order valence-corrected chi connectivity index (χ3v) is 2.75. The molecule has 0 saturated heterocycles. The van der Waals surface area contributed by atoms with E-state index in [4.69, 9.17) is 15.6 Å². The number of hydrogen-bond acceptors (Lipinski definition) is 5. The first kappa shape index (κ1) is 13.3. The van der Waals surface area contributed by atoms with E-state index in [1.807, 2.05) is 6.92 Å². The molecule has 0 aliphatic carbocycles. The van der Waals surface area contributed by atoms with Crippen molar-refractivity contribution in [2.75, 3.05) is 31.4 Å². The molecule has 5 nitrogen and oxygen atoms in total. The highest BCUT2D eigenvalue weighted by atomic mass is 16.5. The molecule has 1 unspecified atom stereocenters. The van der Waals surface area contributed by atoms with Crippen LogP contribution in [0.2, 0.25) is 0 Å². The van der Waals surface area contributed by atoms with Gasteiger partial charge in [-0.1, -0.05) is 6.07 Å². The lowest BCUT2D eigenvalue weighted by Gasteiger charge is -2.28. The van der Waals surface area contributed by atoms with Gasteiger partial charge in [0, 0.05) is 13.1 Å². The van der Waals surface area contributed by atoms with Crippen LogP contribution in [0.25, 0.3) is 0 Å². The molecule has 5 heteroatoms. The number of nitrogen functional groups attached to an aromatic ring is 1. The van der Waals surface area contributed by atoms with Crippen LogP contribution in [0.15, 0.2) is 18.2 Å². The Morgan fingerprint density at radius 2 is 2.24 bits per heavy atom. The van der Waals surface area contributed by atoms with Crippen LogP contribution < -0.4 is 10.6 Å². The summed E-state index contributed by atoms with van der Waals surface area (Å²) in [6.45, 7) is 1.82. The summed E-state index contributed by atoms with van der Waals surface area (Å²) in [7, 11) is 3.10. The van der Waals surface area contributed by atoms with Crippen molar-refractivity contribution < 1.29 is 14.6 Å². The van der Waals surface area contributed by atoms with E-state index in [1.54, 1.807) is 30.1 Å². The summed E-state index contributed by atoms with van der Waals surface area (Å²) in [5.41, 5.74) is 7.34. The van der Waals surface area contributed by atoms with Gasteiger partial charge < -0.3 is 20.5 Å². The molecular weight excluding hydrogens is 220 g/mol. The smallest absolute Gasteiger partial charge is 0.340 e. The number of ether oxygens (including phenoxy) is 1. The lowest BCUT2D eigenvalue weighted by molar-refractivity contribution is 0.0601. The summed E-state index contributed by atoms with van der Waals surface area (Å²) in [4.78, 5) is 13.4. The normalized spacial score (nSPS) is 12.0. The Morgan fingerprint density at radius 3 is 2.76 bits per heavy atom. The van der Waals surface area contributed by atoms with Crippen LogP contribution in [0.5, 0.6) is 0 Å². The number of carbonyl (C=O) groups is 1. The van der Waals surface area contributed by atoms with Gasteiger partial charge in [0.1, 0.15) is 0 Å². The maximum absolute atomic E-state index is 11.6. The summed E-state index contributed by atoms with van der Waals surface area (Å²) in [6, 6.07) is 4.92. The fourth-order valence-electron chi connectivity index (χ4n) is 1.57. The second-order valence-electron chi connectivity index (χ2n) is 3.88. The molecule has 1 aromatic carbocycles. The van der Waals surface area contributed by atoms with E-state index < -0.39 is 5.97 Å². The van der Waals surface area contributed by atoms with Gasteiger partial charge >= 0.3 is 5.97 Å². The number of nitrogens with zero attached hydrogens (tertiary/aromatic N) is 1. The molecule has 0 aliphatic heterocycles. The van der Waals surface area contributed by atoms with Crippen LogP contribution in [0, 0.1) is 0 Å². The summed E-state index contributed by atoms with van der Waals surface area (Å²) in [5, 5.41) is 9.15. The standard InChI is InChI=1S/C12H18N2O3/c1-8(7-15)14(2)11-9(12(16)17-3)5-4-6-10(11)13/h4-6,8,15H,7,13H2,1-3H3. The van der Waals surface area contributed by atoms with Crippen LogP contribution in [0.3, 0.4) is 0 Å². The van der Waals surface area contributed by atoms with E-state index in [-0.39, 0.29) is 12.6 Å². The molecule has 0 aromatic heterocycles. The van der Waals surface area contributed by atoms with Gasteiger partial charge in [0.2, 0.25) is 0 Å². The van der Waals surface area contributed by atoms with E-state index in [0.29, 0.717) is 16.9 Å². The van der Waals surface area contributed by atoms with Crippen molar-refractivity contribution in [3.8, 4) is 0 Å². The monoisotopic (exact) mass is 238 g/mol. The average molecular weight is 238 g/mol. The molecule has 0 heterocycles. The highest BCUT2D eigenvalue weighted by Crippen LogP contribution is 2.28. The van der Waals surface area contributed by atoms with E-state index in [0.717, 1.165) is 0 Å². The molecule has 0 amide bonds. The molecule has 1 aromatic rings. The Hall–Kier alpha value is -1.75. The van der Waals surface area contributed by atoms with Gasteiger partial charge in [0.05, 0.1) is 30.7 Å². The van der Waals surface area contributed by atoms with Gasteiger partial charge in [0.15, 0.2) is 0 Å². The molecule has 17 heavy (non-hydrogen) atoms. The summed E-state index contributed by atoms with van der Waals surface area (Å²) in [5.74, 6) is -0.440. The molecule has 94 valence electrons. The van der Waals surface area contributed by atoms with Crippen molar-refractivity contribution in [2.24, 2.45) is 0 Å². The number of nitrogens with two attached hydrogens (primary N) is 1. The van der Waals surface area contributed by atoms with E-state index >= 15 is 0 Å². The lowest BCUT2D eigenvalue weighted by atomic mass is 10.1. The first-order valence-electron chi connectivity index (χ1n) is 5.33. The van der Waals surface area contributed by atoms with Crippen LogP contribution in [-0.4, -0.2) is 37.9 Å². The predicted molar refractivity (Wildman–Crippen MR) is 67.1 cm³/mol. The summed E-state index contributed by atoms with van der Waals surface area (Å²) < 4.78 is 4.71. The first-order chi connectivity index (χ1) is 8.02. The minimum absolute atomic E-state index is 0.0224. The number of anilines is 2. The van der Waals surface area contributed by atoms with E-state index in [1.165, 1.54) is 7.11 Å². The summed E-state index contributed by atoms with van der Waals surface area (Å²) in [6.07, 6.45) is 0. The second kappa shape index (κ2) is 5.54. The molecule has 0 bridgehead atoms. The number of benzene rings is 1. The molecule has 3 N–H and O–H groups in total. The van der Waals surface area contributed by atoms with Crippen molar-refractivity contribution in [3.05, 3.63) is 23.8 Å². The highest BCUT2D eigenvalue weighted by Gasteiger charge is 2.20. The Kier molecular flexibility index (Phi) is 4.34. The van der Waals surface area contributed by atoms with Crippen molar-refractivity contribution in [1.82, 2.24) is 0 Å². The van der Waals surface area contributed by atoms with Gasteiger partial charge in [-0.3, -0.25) is 0 Å². The predicted octanol–water partition coefficient (Wildman–Crippen LogP) is 0.872. The molecule has 0 fully saturated rings. The van der Waals surface area contributed by atoms with Crippen molar-refractivity contribution >= 4 is 17.3 Å². The van der Waals surface area contributed by atoms with Gasteiger partial charge in [-0.05, 0) is 19.1 Å². The fraction of sp³-hybridized carbons (Fsp3) is 0.417. The topological polar surface area (TPSA) is 75.8 Å². The average Bonchev–Trinajstić information content (AvgIpc) is 2.35. The van der Waals surface area contributed by atoms with Crippen LogP contribution in [0.4, 0.5) is 11.4 Å². The molecule has 1 atom stereocenters. The number of likely N-dealkylation sites (N-methyl/N-ethyl adjacent to an activating group) is 1. The van der Waals surface area contributed by atoms with E-state index in [2.05, 4.69) is 0 Å². The number of aliphatic hydroxyl groups excluding tert-OH is 1. The Labute approximate surface area is 101 Å². The molecule has 0 spiro atoms. The molecule has 1 rings (SSSR count).